The molecule has 0 unspecified atom stereocenters. The minimum Gasteiger partial charge on any atom is -0.496 e. The number of hydrogen-bond donors (Lipinski definition) is 0. The Bertz CT molecular complexity index is 1040. The summed E-state index contributed by atoms with van der Waals surface area (Å²) in [6.07, 6.45) is 2.67. The van der Waals surface area contributed by atoms with E-state index in [9.17, 15) is 14.2 Å². The number of ether oxygens (including phenoxy) is 3. The number of Topliss-reactive ketones (excluding diaryl/α,β-unsaturated/α-hetero) is 1. The second-order valence-electron chi connectivity index (χ2n) is 10.2. The van der Waals surface area contributed by atoms with Crippen molar-refractivity contribution in [2.45, 2.75) is 73.3 Å². The van der Waals surface area contributed by atoms with Crippen molar-refractivity contribution in [1.29, 1.82) is 0 Å². The summed E-state index contributed by atoms with van der Waals surface area (Å²) in [6.45, 7) is 17.3. The summed E-state index contributed by atoms with van der Waals surface area (Å²) in [5.41, 5.74) is 4.59. The first-order valence-corrected chi connectivity index (χ1v) is 19.4. The number of benzene rings is 1. The molecular formula is C27H44BrO8PSi. The highest BCUT2D eigenvalue weighted by Crippen LogP contribution is 2.47. The van der Waals surface area contributed by atoms with Crippen LogP contribution in [0.15, 0.2) is 11.6 Å². The Kier molecular flexibility index (Phi) is 14.5. The summed E-state index contributed by atoms with van der Waals surface area (Å²) in [4.78, 5) is 23.1. The zero-order chi connectivity index (χ0) is 29.1. The Morgan fingerprint density at radius 2 is 1.74 bits per heavy atom. The molecule has 1 aromatic rings. The Balaban J connectivity index is 0.000000508. The van der Waals surface area contributed by atoms with Crippen LogP contribution in [-0.2, 0) is 36.2 Å². The molecule has 0 N–H and O–H groups in total. The number of ketones is 1. The Morgan fingerprint density at radius 3 is 2.21 bits per heavy atom. The van der Waals surface area contributed by atoms with Gasteiger partial charge in [-0.25, -0.2) is 4.79 Å². The summed E-state index contributed by atoms with van der Waals surface area (Å²) in [7, 11) is -2.69. The number of allylic oxidation sites excluding steroid dienone is 2. The first-order chi connectivity index (χ1) is 17.7. The number of alkyl halides is 1. The molecule has 0 spiro atoms. The van der Waals surface area contributed by atoms with Crippen molar-refractivity contribution >= 4 is 43.4 Å². The lowest BCUT2D eigenvalue weighted by molar-refractivity contribution is -0.114. The van der Waals surface area contributed by atoms with Crippen LogP contribution in [0.25, 0.3) is 0 Å². The van der Waals surface area contributed by atoms with Crippen molar-refractivity contribution in [3.05, 3.63) is 33.9 Å². The van der Waals surface area contributed by atoms with Crippen molar-refractivity contribution in [2.75, 3.05) is 38.4 Å². The van der Waals surface area contributed by atoms with Crippen LogP contribution in [-0.4, -0.2) is 58.2 Å². The summed E-state index contributed by atoms with van der Waals surface area (Å²) in [5, 5.41) is 0.813. The van der Waals surface area contributed by atoms with Gasteiger partial charge < -0.3 is 23.3 Å². The molecule has 1 aromatic carbocycles. The number of fused-ring (bicyclic) bond motifs is 1. The lowest BCUT2D eigenvalue weighted by Crippen LogP contribution is -2.23. The summed E-state index contributed by atoms with van der Waals surface area (Å²) < 4.78 is 38.6. The molecule has 2 rings (SSSR count). The number of methoxy groups -OCH3 is 1. The van der Waals surface area contributed by atoms with Crippen LogP contribution < -0.4 is 9.47 Å². The molecule has 0 aromatic heterocycles. The van der Waals surface area contributed by atoms with E-state index < -0.39 is 15.7 Å². The van der Waals surface area contributed by atoms with Gasteiger partial charge in [-0.15, -0.1) is 0 Å². The molecule has 0 saturated carbocycles. The van der Waals surface area contributed by atoms with Crippen LogP contribution >= 0.6 is 23.5 Å². The van der Waals surface area contributed by atoms with Crippen LogP contribution in [0.5, 0.6) is 11.5 Å². The van der Waals surface area contributed by atoms with E-state index in [1.54, 1.807) is 21.0 Å². The molecule has 216 valence electrons. The SMILES string of the molecule is CCOP(=O)(CC(C)=O)OCC.COc1c(C)c2c(c(OCC[Si](C)(C)C)c1C/C=C(\C)CBr)C(=O)OC2. The van der Waals surface area contributed by atoms with Crippen LogP contribution in [0, 0.1) is 6.92 Å². The highest BCUT2D eigenvalue weighted by Gasteiger charge is 2.33. The number of halogens is 1. The van der Waals surface area contributed by atoms with Gasteiger partial charge in [0.25, 0.3) is 0 Å². The van der Waals surface area contributed by atoms with Gasteiger partial charge in [0.05, 0.1) is 26.9 Å². The summed E-state index contributed by atoms with van der Waals surface area (Å²) in [6, 6.07) is 1.03. The fourth-order valence-electron chi connectivity index (χ4n) is 3.75. The molecule has 1 aliphatic heterocycles. The predicted molar refractivity (Wildman–Crippen MR) is 158 cm³/mol. The second kappa shape index (κ2) is 16.0. The van der Waals surface area contributed by atoms with Gasteiger partial charge in [-0.2, -0.15) is 0 Å². The van der Waals surface area contributed by atoms with Gasteiger partial charge in [-0.1, -0.05) is 47.2 Å². The normalized spacial score (nSPS) is 13.4. The topological polar surface area (TPSA) is 97.4 Å². The molecule has 0 fully saturated rings. The van der Waals surface area contributed by atoms with Crippen molar-refractivity contribution < 1.29 is 37.4 Å². The minimum absolute atomic E-state index is 0.130. The molecule has 8 nitrogen and oxygen atoms in total. The largest absolute Gasteiger partial charge is 0.496 e. The quantitative estimate of drug-likeness (QED) is 0.0701. The molecule has 1 aliphatic rings. The second-order valence-corrected chi connectivity index (χ2v) is 18.5. The number of carbonyl (C=O) groups is 2. The standard InChI is InChI=1S/C20H29BrO4Si.C7H15O4P/c1-13(11-21)7-8-15-18(23-3)14(2)16-12-25-20(22)17(16)19(15)24-9-10-26(4,5)6;1-4-10-12(9,11-5-2)6-7(3)8/h7H,8-12H2,1-6H3;4-6H2,1-3H3/b13-7+;. The molecule has 38 heavy (non-hydrogen) atoms. The van der Waals surface area contributed by atoms with E-state index in [0.717, 1.165) is 33.8 Å². The highest BCUT2D eigenvalue weighted by atomic mass is 79.9. The minimum atomic E-state index is -3.12. The van der Waals surface area contributed by atoms with E-state index in [4.69, 9.17) is 23.3 Å². The zero-order valence-corrected chi connectivity index (χ0v) is 27.8. The maximum Gasteiger partial charge on any atom is 0.342 e. The average Bonchev–Trinajstić information content (AvgIpc) is 3.20. The van der Waals surface area contributed by atoms with Crippen LogP contribution in [0.4, 0.5) is 0 Å². The molecule has 0 aliphatic carbocycles. The van der Waals surface area contributed by atoms with Gasteiger partial charge >= 0.3 is 13.6 Å². The van der Waals surface area contributed by atoms with E-state index in [-0.39, 0.29) is 24.5 Å². The number of carbonyl (C=O) groups excluding carboxylic acids is 2. The van der Waals surface area contributed by atoms with Crippen molar-refractivity contribution in [3.63, 3.8) is 0 Å². The fraction of sp³-hybridized carbons (Fsp3) is 0.630. The van der Waals surface area contributed by atoms with Crippen molar-refractivity contribution in [1.82, 2.24) is 0 Å². The molecule has 0 radical (unpaired) electrons. The lowest BCUT2D eigenvalue weighted by atomic mass is 9.95. The first-order valence-electron chi connectivity index (χ1n) is 12.8. The van der Waals surface area contributed by atoms with E-state index in [1.807, 2.05) is 6.92 Å². The average molecular weight is 636 g/mol. The van der Waals surface area contributed by atoms with Gasteiger partial charge in [0.1, 0.15) is 35.6 Å². The highest BCUT2D eigenvalue weighted by molar-refractivity contribution is 9.09. The van der Waals surface area contributed by atoms with Gasteiger partial charge in [-0.05, 0) is 52.6 Å². The van der Waals surface area contributed by atoms with Crippen LogP contribution in [0.2, 0.25) is 25.7 Å². The monoisotopic (exact) mass is 634 g/mol. The fourth-order valence-corrected chi connectivity index (χ4v) is 6.29. The molecule has 1 heterocycles. The van der Waals surface area contributed by atoms with E-state index >= 15 is 0 Å². The number of hydrogen-bond acceptors (Lipinski definition) is 8. The molecule has 11 heteroatoms. The van der Waals surface area contributed by atoms with Gasteiger partial charge in [0.2, 0.25) is 0 Å². The van der Waals surface area contributed by atoms with E-state index in [2.05, 4.69) is 48.6 Å². The Labute approximate surface area is 237 Å². The maximum atomic E-state index is 12.4. The number of esters is 1. The van der Waals surface area contributed by atoms with Crippen LogP contribution in [0.1, 0.15) is 54.7 Å². The molecule has 0 saturated heterocycles. The summed E-state index contributed by atoms with van der Waals surface area (Å²) in [5.74, 6) is 0.960. The third-order valence-electron chi connectivity index (χ3n) is 5.66. The molecular weight excluding hydrogens is 591 g/mol. The van der Waals surface area contributed by atoms with Crippen LogP contribution in [0.3, 0.4) is 0 Å². The Morgan fingerprint density at radius 1 is 1.13 bits per heavy atom. The van der Waals surface area contributed by atoms with Gasteiger partial charge in [0, 0.05) is 24.5 Å². The predicted octanol–water partition coefficient (Wildman–Crippen LogP) is 7.12. The van der Waals surface area contributed by atoms with Gasteiger partial charge in [0.15, 0.2) is 0 Å². The van der Waals surface area contributed by atoms with E-state index in [1.165, 1.54) is 12.5 Å². The molecule has 0 atom stereocenters. The van der Waals surface area contributed by atoms with Crippen molar-refractivity contribution in [3.8, 4) is 11.5 Å². The number of rotatable bonds is 14. The lowest BCUT2D eigenvalue weighted by Gasteiger charge is -2.21. The molecule has 0 bridgehead atoms. The van der Waals surface area contributed by atoms with Gasteiger partial charge in [-0.3, -0.25) is 9.36 Å². The summed E-state index contributed by atoms with van der Waals surface area (Å²) >= 11 is 3.48. The maximum absolute atomic E-state index is 12.4. The third-order valence-corrected chi connectivity index (χ3v) is 10.4. The third kappa shape index (κ3) is 10.6. The van der Waals surface area contributed by atoms with E-state index in [0.29, 0.717) is 37.6 Å². The smallest absolute Gasteiger partial charge is 0.342 e. The Hall–Kier alpha value is -1.45. The molecule has 0 amide bonds. The number of cyclic esters (lactones) is 1. The van der Waals surface area contributed by atoms with Crippen molar-refractivity contribution in [2.24, 2.45) is 0 Å². The zero-order valence-electron chi connectivity index (χ0n) is 24.3. The first kappa shape index (κ1) is 34.6.